The number of nitrogens with two attached hydrogens (primary N) is 1. The zero-order valence-corrected chi connectivity index (χ0v) is 10.0. The normalized spacial score (nSPS) is 29.6. The molecule has 0 radical (unpaired) electrons. The Kier molecular flexibility index (Phi) is 2.60. The largest absolute Gasteiger partial charge is 0.416 e. The van der Waals surface area contributed by atoms with E-state index in [0.29, 0.717) is 6.54 Å². The van der Waals surface area contributed by atoms with Crippen LogP contribution in [0, 0.1) is 11.8 Å². The van der Waals surface area contributed by atoms with E-state index in [1.165, 1.54) is 17.0 Å². The van der Waals surface area contributed by atoms with Crippen molar-refractivity contribution < 1.29 is 18.0 Å². The average Bonchev–Trinajstić information content (AvgIpc) is 2.83. The van der Waals surface area contributed by atoms with Gasteiger partial charge in [0, 0.05) is 25.0 Å². The molecule has 2 fully saturated rings. The van der Waals surface area contributed by atoms with E-state index in [9.17, 15) is 18.0 Å². The Morgan fingerprint density at radius 3 is 2.58 bits per heavy atom. The first-order chi connectivity index (χ1) is 8.89. The van der Waals surface area contributed by atoms with Crippen LogP contribution < -0.4 is 5.73 Å². The van der Waals surface area contributed by atoms with Crippen LogP contribution in [-0.4, -0.2) is 23.4 Å². The quantitative estimate of drug-likeness (QED) is 0.887. The molecular weight excluding hydrogens is 257 g/mol. The Labute approximate surface area is 108 Å². The second-order valence-corrected chi connectivity index (χ2v) is 5.14. The van der Waals surface area contributed by atoms with Crippen LogP contribution in [0.1, 0.15) is 11.1 Å². The van der Waals surface area contributed by atoms with E-state index in [1.807, 2.05) is 0 Å². The summed E-state index contributed by atoms with van der Waals surface area (Å²) in [5.41, 5.74) is 5.15. The minimum absolute atomic E-state index is 0.00817. The highest BCUT2D eigenvalue weighted by Gasteiger charge is 2.59. The van der Waals surface area contributed by atoms with Gasteiger partial charge in [-0.05, 0) is 11.6 Å². The minimum Gasteiger partial charge on any atom is -0.338 e. The number of carbonyl (C=O) groups excluding carboxylic acids is 1. The number of amides is 1. The summed E-state index contributed by atoms with van der Waals surface area (Å²) in [6.45, 7) is 0.477. The fraction of sp³-hybridized carbons (Fsp3) is 0.462. The first-order valence-corrected chi connectivity index (χ1v) is 6.09. The molecule has 1 saturated carbocycles. The van der Waals surface area contributed by atoms with Gasteiger partial charge in [-0.15, -0.1) is 0 Å². The third-order valence-corrected chi connectivity index (χ3v) is 3.94. The van der Waals surface area contributed by atoms with Gasteiger partial charge in [0.05, 0.1) is 11.5 Å². The van der Waals surface area contributed by atoms with Crippen LogP contribution >= 0.6 is 0 Å². The summed E-state index contributed by atoms with van der Waals surface area (Å²) in [5.74, 6) is -0.155. The molecule has 1 saturated heterocycles. The zero-order chi connectivity index (χ0) is 13.8. The zero-order valence-electron chi connectivity index (χ0n) is 10.0. The van der Waals surface area contributed by atoms with Crippen molar-refractivity contribution in [3.63, 3.8) is 0 Å². The molecule has 6 heteroatoms. The van der Waals surface area contributed by atoms with Gasteiger partial charge in [-0.2, -0.15) is 13.2 Å². The van der Waals surface area contributed by atoms with Crippen LogP contribution in [0.3, 0.4) is 0 Å². The second kappa shape index (κ2) is 3.96. The molecule has 1 amide bonds. The molecule has 3 atom stereocenters. The molecule has 3 unspecified atom stereocenters. The number of halogens is 3. The number of rotatable bonds is 2. The van der Waals surface area contributed by atoms with Crippen molar-refractivity contribution in [2.75, 3.05) is 6.54 Å². The number of hydrogen-bond donors (Lipinski definition) is 1. The molecule has 0 spiro atoms. The van der Waals surface area contributed by atoms with Crippen LogP contribution in [0.25, 0.3) is 0 Å². The third kappa shape index (κ3) is 2.00. The smallest absolute Gasteiger partial charge is 0.338 e. The van der Waals surface area contributed by atoms with Crippen molar-refractivity contribution >= 4 is 5.91 Å². The minimum atomic E-state index is -4.39. The predicted molar refractivity (Wildman–Crippen MR) is 61.8 cm³/mol. The molecule has 102 valence electrons. The van der Waals surface area contributed by atoms with E-state index in [1.54, 1.807) is 6.07 Å². The summed E-state index contributed by atoms with van der Waals surface area (Å²) in [6, 6.07) is 5.27. The second-order valence-electron chi connectivity index (χ2n) is 5.14. The van der Waals surface area contributed by atoms with Gasteiger partial charge in [0.1, 0.15) is 0 Å². The molecule has 0 bridgehead atoms. The Bertz CT molecular complexity index is 529. The SMILES string of the molecule is NC1C2CN(Cc3ccccc3C(F)(F)F)C(=O)C12. The molecular formula is C13H13F3N2O. The Balaban J connectivity index is 1.80. The number of piperidine rings is 1. The van der Waals surface area contributed by atoms with Gasteiger partial charge in [0.2, 0.25) is 5.91 Å². The van der Waals surface area contributed by atoms with Crippen molar-refractivity contribution in [3.8, 4) is 0 Å². The van der Waals surface area contributed by atoms with Gasteiger partial charge in [-0.3, -0.25) is 4.79 Å². The van der Waals surface area contributed by atoms with Crippen LogP contribution in [0.2, 0.25) is 0 Å². The van der Waals surface area contributed by atoms with Crippen molar-refractivity contribution in [3.05, 3.63) is 35.4 Å². The van der Waals surface area contributed by atoms with Gasteiger partial charge in [-0.1, -0.05) is 18.2 Å². The average molecular weight is 270 g/mol. The van der Waals surface area contributed by atoms with E-state index >= 15 is 0 Å². The first kappa shape index (κ1) is 12.5. The fourth-order valence-electron chi connectivity index (χ4n) is 2.82. The van der Waals surface area contributed by atoms with Crippen LogP contribution in [0.5, 0.6) is 0 Å². The number of nitrogens with zero attached hydrogens (tertiary/aromatic N) is 1. The number of hydrogen-bond acceptors (Lipinski definition) is 2. The lowest BCUT2D eigenvalue weighted by Crippen LogP contribution is -2.33. The van der Waals surface area contributed by atoms with Crippen LogP contribution in [-0.2, 0) is 17.5 Å². The maximum atomic E-state index is 12.8. The summed E-state index contributed by atoms with van der Waals surface area (Å²) in [5, 5.41) is 0. The van der Waals surface area contributed by atoms with Gasteiger partial charge in [-0.25, -0.2) is 0 Å². The van der Waals surface area contributed by atoms with Crippen LogP contribution in [0.4, 0.5) is 13.2 Å². The van der Waals surface area contributed by atoms with Gasteiger partial charge >= 0.3 is 6.18 Å². The summed E-state index contributed by atoms with van der Waals surface area (Å²) >= 11 is 0. The predicted octanol–water partition coefficient (Wildman–Crippen LogP) is 1.62. The van der Waals surface area contributed by atoms with Gasteiger partial charge < -0.3 is 10.6 Å². The Morgan fingerprint density at radius 2 is 2.00 bits per heavy atom. The van der Waals surface area contributed by atoms with Crippen molar-refractivity contribution in [1.29, 1.82) is 0 Å². The standard InChI is InChI=1S/C13H13F3N2O/c14-13(15,16)9-4-2-1-3-7(9)5-18-6-8-10(11(8)17)12(18)19/h1-4,8,10-11H,5-6,17H2. The number of carbonyl (C=O) groups is 1. The van der Waals surface area contributed by atoms with Crippen LogP contribution in [0.15, 0.2) is 24.3 Å². The molecule has 1 aliphatic heterocycles. The lowest BCUT2D eigenvalue weighted by atomic mass is 10.1. The van der Waals surface area contributed by atoms with Crippen molar-refractivity contribution in [2.45, 2.75) is 18.8 Å². The van der Waals surface area contributed by atoms with E-state index in [-0.39, 0.29) is 35.9 Å². The Morgan fingerprint density at radius 1 is 1.32 bits per heavy atom. The molecule has 1 aromatic rings. The highest BCUT2D eigenvalue weighted by molar-refractivity contribution is 5.86. The van der Waals surface area contributed by atoms with Crippen molar-refractivity contribution in [1.82, 2.24) is 4.90 Å². The molecule has 19 heavy (non-hydrogen) atoms. The summed E-state index contributed by atoms with van der Waals surface area (Å²) in [4.78, 5) is 13.4. The topological polar surface area (TPSA) is 46.3 Å². The maximum absolute atomic E-state index is 12.8. The van der Waals surface area contributed by atoms with E-state index in [2.05, 4.69) is 0 Å². The molecule has 1 heterocycles. The van der Waals surface area contributed by atoms with Gasteiger partial charge in [0.25, 0.3) is 0 Å². The van der Waals surface area contributed by atoms with Crippen molar-refractivity contribution in [2.24, 2.45) is 17.6 Å². The molecule has 3 rings (SSSR count). The maximum Gasteiger partial charge on any atom is 0.416 e. The molecule has 2 aliphatic rings. The number of likely N-dealkylation sites (tertiary alicyclic amines) is 1. The number of alkyl halides is 3. The lowest BCUT2D eigenvalue weighted by Gasteiger charge is -2.21. The molecule has 3 nitrogen and oxygen atoms in total. The lowest BCUT2D eigenvalue weighted by molar-refractivity contribution is -0.139. The number of fused-ring (bicyclic) bond motifs is 1. The summed E-state index contributed by atoms with van der Waals surface area (Å²) in [6.07, 6.45) is -4.39. The monoisotopic (exact) mass is 270 g/mol. The van der Waals surface area contributed by atoms with E-state index in [4.69, 9.17) is 5.73 Å². The van der Waals surface area contributed by atoms with E-state index in [0.717, 1.165) is 6.07 Å². The third-order valence-electron chi connectivity index (χ3n) is 3.94. The fourth-order valence-corrected chi connectivity index (χ4v) is 2.82. The van der Waals surface area contributed by atoms with E-state index < -0.39 is 11.7 Å². The first-order valence-electron chi connectivity index (χ1n) is 6.09. The summed E-state index contributed by atoms with van der Waals surface area (Å²) < 4.78 is 38.5. The molecule has 2 N–H and O–H groups in total. The Hall–Kier alpha value is -1.56. The molecule has 0 aromatic heterocycles. The number of benzene rings is 1. The highest BCUT2D eigenvalue weighted by atomic mass is 19.4. The highest BCUT2D eigenvalue weighted by Crippen LogP contribution is 2.45. The van der Waals surface area contributed by atoms with Gasteiger partial charge in [0.15, 0.2) is 0 Å². The molecule has 1 aromatic carbocycles. The summed E-state index contributed by atoms with van der Waals surface area (Å²) in [7, 11) is 0. The molecule has 1 aliphatic carbocycles.